The summed E-state index contributed by atoms with van der Waals surface area (Å²) in [6.45, 7) is 2.08. The number of rotatable bonds is 4. The molecular weight excluding hydrogens is 370 g/mol. The van der Waals surface area contributed by atoms with Gasteiger partial charge in [-0.2, -0.15) is 0 Å². The molecule has 3 heteroatoms. The van der Waals surface area contributed by atoms with Gasteiger partial charge >= 0.3 is 0 Å². The van der Waals surface area contributed by atoms with E-state index in [9.17, 15) is 5.11 Å². The number of phenols is 1. The van der Waals surface area contributed by atoms with E-state index in [2.05, 4.69) is 53.9 Å². The lowest BCUT2D eigenvalue weighted by Gasteiger charge is -2.36. The number of ether oxygens (including phenoxy) is 1. The second kappa shape index (κ2) is 8.69. The summed E-state index contributed by atoms with van der Waals surface area (Å²) >= 11 is 0. The first kappa shape index (κ1) is 19.4. The van der Waals surface area contributed by atoms with E-state index in [-0.39, 0.29) is 0 Å². The average molecular weight is 402 g/mol. The van der Waals surface area contributed by atoms with Crippen LogP contribution in [0.5, 0.6) is 11.5 Å². The van der Waals surface area contributed by atoms with Crippen LogP contribution in [0, 0.1) is 5.92 Å². The van der Waals surface area contributed by atoms with Gasteiger partial charge in [0.05, 0.1) is 0 Å². The van der Waals surface area contributed by atoms with Crippen molar-refractivity contribution in [1.82, 2.24) is 5.32 Å². The number of hydrogen-bond acceptors (Lipinski definition) is 3. The van der Waals surface area contributed by atoms with Crippen molar-refractivity contribution >= 4 is 0 Å². The number of nitrogens with one attached hydrogen (secondary N) is 1. The molecule has 2 atom stereocenters. The average Bonchev–Trinajstić information content (AvgIpc) is 2.80. The number of phenolic OH excluding ortho intramolecular Hbond substituents is 1. The molecule has 3 aliphatic rings. The lowest BCUT2D eigenvalue weighted by atomic mass is 9.68. The molecule has 2 N–H and O–H groups in total. The molecule has 1 aliphatic heterocycles. The number of allylic oxidation sites excluding steroid dienone is 4. The fraction of sp³-hybridized carbons (Fsp3) is 0.407. The molecule has 0 aromatic heterocycles. The molecule has 5 rings (SSSR count). The third-order valence-corrected chi connectivity index (χ3v) is 6.87. The molecule has 1 fully saturated rings. The van der Waals surface area contributed by atoms with Crippen LogP contribution in [0.3, 0.4) is 0 Å². The molecule has 2 aromatic rings. The molecular formula is C27H31NO2. The van der Waals surface area contributed by atoms with E-state index in [0.717, 1.165) is 57.4 Å². The Hall–Kier alpha value is -2.52. The first-order valence-electron chi connectivity index (χ1n) is 11.4. The third-order valence-electron chi connectivity index (χ3n) is 6.87. The highest BCUT2D eigenvalue weighted by Crippen LogP contribution is 2.46. The van der Waals surface area contributed by atoms with Gasteiger partial charge in [0.25, 0.3) is 0 Å². The Morgan fingerprint density at radius 2 is 1.77 bits per heavy atom. The largest absolute Gasteiger partial charge is 0.508 e. The predicted molar refractivity (Wildman–Crippen MR) is 121 cm³/mol. The summed E-state index contributed by atoms with van der Waals surface area (Å²) in [5.41, 5.74) is 5.45. The predicted octanol–water partition coefficient (Wildman–Crippen LogP) is 5.49. The number of aromatic hydroxyl groups is 1. The molecule has 30 heavy (non-hydrogen) atoms. The molecule has 2 aromatic carbocycles. The summed E-state index contributed by atoms with van der Waals surface area (Å²) < 4.78 is 6.23. The van der Waals surface area contributed by atoms with Crippen LogP contribution in [0.25, 0.3) is 0 Å². The fourth-order valence-electron chi connectivity index (χ4n) is 5.35. The summed E-state index contributed by atoms with van der Waals surface area (Å²) in [6, 6.07) is 14.7. The number of aryl methyl sites for hydroxylation is 1. The minimum absolute atomic E-state index is 0.316. The van der Waals surface area contributed by atoms with Crippen molar-refractivity contribution in [3.8, 4) is 11.5 Å². The van der Waals surface area contributed by atoms with Crippen LogP contribution in [-0.4, -0.2) is 24.3 Å². The Labute approximate surface area is 179 Å². The first-order chi connectivity index (χ1) is 14.8. The Bertz CT molecular complexity index is 938. The van der Waals surface area contributed by atoms with Crippen molar-refractivity contribution in [2.24, 2.45) is 5.92 Å². The van der Waals surface area contributed by atoms with Gasteiger partial charge in [-0.25, -0.2) is 0 Å². The molecule has 0 spiro atoms. The van der Waals surface area contributed by atoms with E-state index < -0.39 is 0 Å². The van der Waals surface area contributed by atoms with Gasteiger partial charge in [-0.15, -0.1) is 0 Å². The van der Waals surface area contributed by atoms with Crippen LogP contribution >= 0.6 is 0 Å². The van der Waals surface area contributed by atoms with Gasteiger partial charge in [-0.3, -0.25) is 0 Å². The third kappa shape index (κ3) is 4.04. The van der Waals surface area contributed by atoms with Crippen LogP contribution in [0.1, 0.15) is 54.7 Å². The van der Waals surface area contributed by atoms with Crippen molar-refractivity contribution < 1.29 is 9.84 Å². The van der Waals surface area contributed by atoms with Crippen molar-refractivity contribution in [3.05, 3.63) is 83.0 Å². The van der Waals surface area contributed by atoms with Gasteiger partial charge in [-0.1, -0.05) is 36.4 Å². The quantitative estimate of drug-likeness (QED) is 0.711. The zero-order valence-corrected chi connectivity index (χ0v) is 17.5. The topological polar surface area (TPSA) is 41.5 Å². The van der Waals surface area contributed by atoms with E-state index >= 15 is 0 Å². The Morgan fingerprint density at radius 3 is 2.53 bits per heavy atom. The number of piperidine rings is 1. The first-order valence-corrected chi connectivity index (χ1v) is 11.4. The number of hydrogen-bond donors (Lipinski definition) is 2. The fourth-order valence-corrected chi connectivity index (χ4v) is 5.35. The number of benzene rings is 2. The SMILES string of the molecule is Oc1ccc2c(c1)CCC(C1=CCCC=C1)C2c1ccc(OC2CCNCC2)cc1. The van der Waals surface area contributed by atoms with E-state index in [1.165, 1.54) is 22.3 Å². The second-order valence-corrected chi connectivity index (χ2v) is 8.83. The van der Waals surface area contributed by atoms with E-state index in [1.807, 2.05) is 12.1 Å². The minimum Gasteiger partial charge on any atom is -0.508 e. The molecule has 1 heterocycles. The molecule has 2 unspecified atom stereocenters. The maximum atomic E-state index is 10.0. The Kier molecular flexibility index (Phi) is 5.63. The molecule has 0 saturated carbocycles. The molecule has 0 bridgehead atoms. The van der Waals surface area contributed by atoms with Crippen LogP contribution in [-0.2, 0) is 6.42 Å². The molecule has 0 amide bonds. The summed E-state index contributed by atoms with van der Waals surface area (Å²) in [4.78, 5) is 0. The van der Waals surface area contributed by atoms with Crippen LogP contribution in [0.15, 0.2) is 66.3 Å². The van der Waals surface area contributed by atoms with Crippen LogP contribution in [0.4, 0.5) is 0 Å². The van der Waals surface area contributed by atoms with E-state index in [0.29, 0.717) is 23.7 Å². The highest BCUT2D eigenvalue weighted by Gasteiger charge is 2.33. The maximum Gasteiger partial charge on any atom is 0.119 e. The highest BCUT2D eigenvalue weighted by molar-refractivity contribution is 5.48. The smallest absolute Gasteiger partial charge is 0.119 e. The van der Waals surface area contributed by atoms with Crippen LogP contribution in [0.2, 0.25) is 0 Å². The van der Waals surface area contributed by atoms with Gasteiger partial charge < -0.3 is 15.2 Å². The van der Waals surface area contributed by atoms with Crippen LogP contribution < -0.4 is 10.1 Å². The van der Waals surface area contributed by atoms with Gasteiger partial charge in [-0.05, 0) is 104 Å². The molecule has 156 valence electrons. The highest BCUT2D eigenvalue weighted by atomic mass is 16.5. The molecule has 3 nitrogen and oxygen atoms in total. The second-order valence-electron chi connectivity index (χ2n) is 8.83. The number of fused-ring (bicyclic) bond motifs is 1. The minimum atomic E-state index is 0.316. The molecule has 1 saturated heterocycles. The Morgan fingerprint density at radius 1 is 0.933 bits per heavy atom. The van der Waals surface area contributed by atoms with Crippen molar-refractivity contribution in [3.63, 3.8) is 0 Å². The van der Waals surface area contributed by atoms with Crippen molar-refractivity contribution in [2.45, 2.75) is 50.5 Å². The standard InChI is InChI=1S/C27H31NO2/c29-22-9-13-26-21(18-22)8-12-25(19-4-2-1-3-5-19)27(26)20-6-10-23(11-7-20)30-24-14-16-28-17-15-24/h2,4-7,9-11,13,18,24-25,27-29H,1,3,8,12,14-17H2. The van der Waals surface area contributed by atoms with Gasteiger partial charge in [0.1, 0.15) is 17.6 Å². The zero-order chi connectivity index (χ0) is 20.3. The summed E-state index contributed by atoms with van der Waals surface area (Å²) in [5, 5.41) is 13.4. The lowest BCUT2D eigenvalue weighted by Crippen LogP contribution is -2.34. The molecule has 2 aliphatic carbocycles. The Balaban J connectivity index is 1.45. The summed E-state index contributed by atoms with van der Waals surface area (Å²) in [7, 11) is 0. The van der Waals surface area contributed by atoms with Crippen molar-refractivity contribution in [1.29, 1.82) is 0 Å². The van der Waals surface area contributed by atoms with Gasteiger partial charge in [0.15, 0.2) is 0 Å². The summed E-state index contributed by atoms with van der Waals surface area (Å²) in [6.07, 6.45) is 14.0. The maximum absolute atomic E-state index is 10.0. The monoisotopic (exact) mass is 401 g/mol. The normalized spacial score (nSPS) is 24.2. The lowest BCUT2D eigenvalue weighted by molar-refractivity contribution is 0.162. The molecule has 0 radical (unpaired) electrons. The van der Waals surface area contributed by atoms with E-state index in [4.69, 9.17) is 4.74 Å². The van der Waals surface area contributed by atoms with Crippen molar-refractivity contribution in [2.75, 3.05) is 13.1 Å². The van der Waals surface area contributed by atoms with Gasteiger partial charge in [0.2, 0.25) is 0 Å². The summed E-state index contributed by atoms with van der Waals surface area (Å²) in [5.74, 6) is 2.14. The van der Waals surface area contributed by atoms with Gasteiger partial charge in [0, 0.05) is 5.92 Å². The van der Waals surface area contributed by atoms with E-state index in [1.54, 1.807) is 0 Å². The zero-order valence-electron chi connectivity index (χ0n) is 17.5.